The number of benzene rings is 2. The van der Waals surface area contributed by atoms with Crippen LogP contribution in [0.1, 0.15) is 52.0 Å². The highest BCUT2D eigenvalue weighted by Crippen LogP contribution is 2.34. The number of aromatic nitrogens is 1. The fourth-order valence-electron chi connectivity index (χ4n) is 4.83. The molecule has 1 aliphatic carbocycles. The van der Waals surface area contributed by atoms with Crippen LogP contribution in [-0.2, 0) is 4.79 Å². The molecule has 1 aromatic carbocycles. The Bertz CT molecular complexity index is 1520. The maximum absolute atomic E-state index is 12.0. The van der Waals surface area contributed by atoms with E-state index < -0.39 is 5.97 Å². The molecule has 0 saturated carbocycles. The molecule has 204 valence electrons. The number of fused-ring (bicyclic) bond motifs is 2. The SMILES string of the molecule is CCN(CC)c1ccc2c(C#N)c3ccc(=[N+](CC)CCCCCC(=O)On4c(O)ccc4O)cc-3oc2c1. The summed E-state index contributed by atoms with van der Waals surface area (Å²) >= 11 is 0. The summed E-state index contributed by atoms with van der Waals surface area (Å²) in [5.74, 6) is -0.516. The van der Waals surface area contributed by atoms with E-state index in [1.807, 2.05) is 36.4 Å². The lowest BCUT2D eigenvalue weighted by molar-refractivity contribution is -0.145. The van der Waals surface area contributed by atoms with E-state index >= 15 is 0 Å². The van der Waals surface area contributed by atoms with Gasteiger partial charge in [0.1, 0.15) is 30.5 Å². The molecule has 0 fully saturated rings. The Morgan fingerprint density at radius 1 is 1.03 bits per heavy atom. The molecule has 4 rings (SSSR count). The average Bonchev–Trinajstić information content (AvgIpc) is 3.26. The highest BCUT2D eigenvalue weighted by molar-refractivity contribution is 5.92. The van der Waals surface area contributed by atoms with Crippen LogP contribution < -0.4 is 19.7 Å². The Balaban J connectivity index is 1.49. The van der Waals surface area contributed by atoms with Crippen molar-refractivity contribution in [3.8, 4) is 29.2 Å². The van der Waals surface area contributed by atoms with Gasteiger partial charge in [0, 0.05) is 66.8 Å². The summed E-state index contributed by atoms with van der Waals surface area (Å²) in [4.78, 5) is 19.3. The van der Waals surface area contributed by atoms with E-state index in [9.17, 15) is 20.3 Å². The summed E-state index contributed by atoms with van der Waals surface area (Å²) in [6.07, 6.45) is 2.48. The van der Waals surface area contributed by atoms with Crippen LogP contribution in [-0.4, -0.2) is 47.1 Å². The Labute approximate surface area is 227 Å². The quantitative estimate of drug-likeness (QED) is 0.167. The molecule has 0 atom stereocenters. The minimum atomic E-state index is -0.523. The van der Waals surface area contributed by atoms with Crippen LogP contribution in [0.2, 0.25) is 0 Å². The topological polar surface area (TPSA) is 115 Å². The number of rotatable bonds is 11. The first-order chi connectivity index (χ1) is 18.9. The fraction of sp³-hybridized carbons (Fsp3) is 0.367. The van der Waals surface area contributed by atoms with Crippen molar-refractivity contribution in [3.05, 3.63) is 59.5 Å². The first-order valence-electron chi connectivity index (χ1n) is 13.4. The zero-order valence-corrected chi connectivity index (χ0v) is 22.7. The minimum absolute atomic E-state index is 0.178. The van der Waals surface area contributed by atoms with Crippen LogP contribution in [0.4, 0.5) is 5.69 Å². The molecule has 2 aliphatic rings. The van der Waals surface area contributed by atoms with Crippen molar-refractivity contribution < 1.29 is 24.3 Å². The van der Waals surface area contributed by atoms with Crippen molar-refractivity contribution in [3.63, 3.8) is 0 Å². The third-order valence-corrected chi connectivity index (χ3v) is 6.98. The molecule has 0 bridgehead atoms. The molecule has 0 unspecified atom stereocenters. The molecule has 9 heteroatoms. The van der Waals surface area contributed by atoms with Gasteiger partial charge in [0.05, 0.1) is 11.6 Å². The highest BCUT2D eigenvalue weighted by Gasteiger charge is 2.18. The van der Waals surface area contributed by atoms with E-state index in [4.69, 9.17) is 9.25 Å². The number of carbonyl (C=O) groups excluding carboxylic acids is 1. The number of nitriles is 1. The van der Waals surface area contributed by atoms with Crippen LogP contribution in [0.3, 0.4) is 0 Å². The van der Waals surface area contributed by atoms with Crippen molar-refractivity contribution in [1.82, 2.24) is 9.31 Å². The number of hydrogen-bond donors (Lipinski definition) is 2. The third kappa shape index (κ3) is 6.01. The maximum Gasteiger partial charge on any atom is 0.333 e. The summed E-state index contributed by atoms with van der Waals surface area (Å²) in [5, 5.41) is 30.9. The smallest absolute Gasteiger partial charge is 0.333 e. The highest BCUT2D eigenvalue weighted by atomic mass is 16.7. The van der Waals surface area contributed by atoms with Gasteiger partial charge in [-0.15, -0.1) is 4.73 Å². The zero-order chi connectivity index (χ0) is 27.9. The third-order valence-electron chi connectivity index (χ3n) is 6.98. The lowest BCUT2D eigenvalue weighted by Gasteiger charge is -2.21. The largest absolute Gasteiger partial charge is 0.492 e. The van der Waals surface area contributed by atoms with Gasteiger partial charge in [0.2, 0.25) is 17.1 Å². The molecule has 9 nitrogen and oxygen atoms in total. The van der Waals surface area contributed by atoms with E-state index in [0.717, 1.165) is 61.0 Å². The Morgan fingerprint density at radius 2 is 1.77 bits per heavy atom. The van der Waals surface area contributed by atoms with Crippen LogP contribution in [0.5, 0.6) is 11.8 Å². The van der Waals surface area contributed by atoms with E-state index in [1.165, 1.54) is 12.1 Å². The molecule has 0 radical (unpaired) electrons. The number of nitrogens with zero attached hydrogens (tertiary/aromatic N) is 4. The van der Waals surface area contributed by atoms with Crippen LogP contribution in [0.25, 0.3) is 22.3 Å². The van der Waals surface area contributed by atoms with Gasteiger partial charge in [-0.3, -0.25) is 0 Å². The van der Waals surface area contributed by atoms with Gasteiger partial charge in [-0.2, -0.15) is 5.26 Å². The predicted octanol–water partition coefficient (Wildman–Crippen LogP) is 4.48. The number of unbranched alkanes of at least 4 members (excludes halogenated alkanes) is 2. The average molecular weight is 532 g/mol. The number of carbonyl (C=O) groups is 1. The van der Waals surface area contributed by atoms with E-state index in [2.05, 4.69) is 36.3 Å². The molecule has 2 heterocycles. The van der Waals surface area contributed by atoms with Crippen molar-refractivity contribution >= 4 is 22.6 Å². The molecule has 1 aliphatic heterocycles. The normalized spacial score (nSPS) is 11.9. The van der Waals surface area contributed by atoms with Crippen LogP contribution >= 0.6 is 0 Å². The monoisotopic (exact) mass is 531 g/mol. The number of anilines is 1. The molecule has 39 heavy (non-hydrogen) atoms. The number of aromatic hydroxyl groups is 2. The standard InChI is InChI=1S/C30H34N4O5/c1-4-32(5-2)21-11-13-23-25(20-31)24-14-12-22(19-27(24)38-26(23)18-21)33(6-3)17-9-7-8-10-30(37)39-34-28(35)15-16-29(34)36/h11-16,18-19,31H,4-10,17H2,1-3H3/p+1. The summed E-state index contributed by atoms with van der Waals surface area (Å²) in [6, 6.07) is 16.9. The first kappa shape index (κ1) is 27.6. The summed E-state index contributed by atoms with van der Waals surface area (Å²) < 4.78 is 9.29. The summed E-state index contributed by atoms with van der Waals surface area (Å²) in [7, 11) is 0. The van der Waals surface area contributed by atoms with Gasteiger partial charge in [0.15, 0.2) is 0 Å². The summed E-state index contributed by atoms with van der Waals surface area (Å²) in [5.41, 5.74) is 3.16. The second-order valence-electron chi connectivity index (χ2n) is 9.32. The van der Waals surface area contributed by atoms with Crippen molar-refractivity contribution in [2.45, 2.75) is 46.5 Å². The molecule has 0 amide bonds. The van der Waals surface area contributed by atoms with E-state index in [0.29, 0.717) is 28.1 Å². The zero-order valence-electron chi connectivity index (χ0n) is 22.7. The van der Waals surface area contributed by atoms with Gasteiger partial charge in [-0.05, 0) is 51.8 Å². The lowest BCUT2D eigenvalue weighted by atomic mass is 10.00. The first-order valence-corrected chi connectivity index (χ1v) is 13.4. The van der Waals surface area contributed by atoms with Crippen LogP contribution in [0.15, 0.2) is 52.9 Å². The van der Waals surface area contributed by atoms with Gasteiger partial charge < -0.3 is 24.4 Å². The van der Waals surface area contributed by atoms with Gasteiger partial charge >= 0.3 is 5.97 Å². The lowest BCUT2D eigenvalue weighted by Crippen LogP contribution is -2.30. The Kier molecular flexibility index (Phi) is 8.77. The molecule has 1 aromatic heterocycles. The molecular formula is C30H35N4O5+. The van der Waals surface area contributed by atoms with E-state index in [-0.39, 0.29) is 18.2 Å². The van der Waals surface area contributed by atoms with Crippen molar-refractivity contribution in [2.75, 3.05) is 31.1 Å². The van der Waals surface area contributed by atoms with Crippen molar-refractivity contribution in [2.24, 2.45) is 0 Å². The van der Waals surface area contributed by atoms with Crippen molar-refractivity contribution in [1.29, 1.82) is 5.26 Å². The maximum atomic E-state index is 12.0. The Morgan fingerprint density at radius 3 is 2.44 bits per heavy atom. The minimum Gasteiger partial charge on any atom is -0.492 e. The second kappa shape index (κ2) is 12.4. The van der Waals surface area contributed by atoms with Gasteiger partial charge in [0.25, 0.3) is 0 Å². The van der Waals surface area contributed by atoms with Gasteiger partial charge in [-0.25, -0.2) is 9.37 Å². The van der Waals surface area contributed by atoms with E-state index in [1.54, 1.807) is 0 Å². The summed E-state index contributed by atoms with van der Waals surface area (Å²) in [6.45, 7) is 9.68. The fourth-order valence-corrected chi connectivity index (χ4v) is 4.83. The van der Waals surface area contributed by atoms with Crippen LogP contribution in [0, 0.1) is 11.3 Å². The Hall–Kier alpha value is -4.45. The molecule has 2 N–H and O–H groups in total. The molecular weight excluding hydrogens is 496 g/mol. The van der Waals surface area contributed by atoms with Gasteiger partial charge in [-0.1, -0.05) is 0 Å². The predicted molar refractivity (Wildman–Crippen MR) is 150 cm³/mol. The second-order valence-corrected chi connectivity index (χ2v) is 9.32. The number of hydrogen-bond acceptors (Lipinski definition) is 7. The molecule has 2 aromatic rings. The molecule has 0 saturated heterocycles. The molecule has 0 spiro atoms.